The van der Waals surface area contributed by atoms with Crippen molar-refractivity contribution in [3.8, 4) is 5.88 Å². The minimum Gasteiger partial charge on any atom is -0.475 e. The van der Waals surface area contributed by atoms with E-state index in [1.165, 1.54) is 18.5 Å². The number of aryl methyl sites for hydroxylation is 1. The van der Waals surface area contributed by atoms with Gasteiger partial charge in [-0.05, 0) is 25.7 Å². The Hall–Kier alpha value is -2.39. The highest BCUT2D eigenvalue weighted by atomic mass is 35.5. The highest BCUT2D eigenvalue weighted by Gasteiger charge is 2.36. The maximum Gasteiger partial charge on any atom is 0.257 e. The van der Waals surface area contributed by atoms with Gasteiger partial charge in [0, 0.05) is 38.3 Å². The van der Waals surface area contributed by atoms with E-state index >= 15 is 0 Å². The number of hydrogen-bond acceptors (Lipinski definition) is 7. The Morgan fingerprint density at radius 3 is 2.79 bits per heavy atom. The molecule has 0 unspecified atom stereocenters. The number of ether oxygens (including phenoxy) is 2. The first-order chi connectivity index (χ1) is 14.3. The van der Waals surface area contributed by atoms with E-state index < -0.39 is 0 Å². The monoisotopic (exact) mass is 415 g/mol. The molecule has 0 atom stereocenters. The van der Waals surface area contributed by atoms with Crippen molar-refractivity contribution in [1.82, 2.24) is 29.5 Å². The Balaban J connectivity index is 1.47. The lowest BCUT2D eigenvalue weighted by Gasteiger charge is -2.24. The lowest BCUT2D eigenvalue weighted by Crippen LogP contribution is -2.22. The van der Waals surface area contributed by atoms with Crippen molar-refractivity contribution in [2.75, 3.05) is 25.1 Å². The summed E-state index contributed by atoms with van der Waals surface area (Å²) in [5.41, 5.74) is 2.85. The first-order valence-electron chi connectivity index (χ1n) is 10.3. The van der Waals surface area contributed by atoms with E-state index in [1.54, 1.807) is 6.20 Å². The third kappa shape index (κ3) is 3.03. The van der Waals surface area contributed by atoms with Crippen LogP contribution in [0.1, 0.15) is 49.8 Å². The SMILES string of the molecule is Clc1nn2c3nc(ncc13)Nc1c(nn(C3CCOCC3)c1C1CC1)OCCC2. The smallest absolute Gasteiger partial charge is 0.257 e. The van der Waals surface area contributed by atoms with Gasteiger partial charge >= 0.3 is 0 Å². The average molecular weight is 416 g/mol. The zero-order chi connectivity index (χ0) is 19.4. The molecule has 0 aromatic carbocycles. The van der Waals surface area contributed by atoms with Gasteiger partial charge in [0.2, 0.25) is 5.95 Å². The molecule has 1 aliphatic carbocycles. The van der Waals surface area contributed by atoms with Crippen LogP contribution in [0.4, 0.5) is 11.6 Å². The number of hydrogen-bond donors (Lipinski definition) is 1. The van der Waals surface area contributed by atoms with Gasteiger partial charge in [-0.15, -0.1) is 5.10 Å². The molecular weight excluding hydrogens is 394 g/mol. The number of nitrogens with zero attached hydrogens (tertiary/aromatic N) is 6. The Labute approximate surface area is 172 Å². The summed E-state index contributed by atoms with van der Waals surface area (Å²) in [7, 11) is 0. The van der Waals surface area contributed by atoms with Crippen LogP contribution in [0.3, 0.4) is 0 Å². The van der Waals surface area contributed by atoms with E-state index in [1.807, 2.05) is 4.68 Å². The van der Waals surface area contributed by atoms with Crippen molar-refractivity contribution < 1.29 is 9.47 Å². The summed E-state index contributed by atoms with van der Waals surface area (Å²) in [6, 6.07) is 0.341. The van der Waals surface area contributed by atoms with E-state index in [9.17, 15) is 0 Å². The number of anilines is 2. The van der Waals surface area contributed by atoms with Crippen LogP contribution in [0.2, 0.25) is 5.15 Å². The van der Waals surface area contributed by atoms with E-state index in [2.05, 4.69) is 20.1 Å². The van der Waals surface area contributed by atoms with Crippen LogP contribution in [-0.2, 0) is 11.3 Å². The Kier molecular flexibility index (Phi) is 4.12. The molecular formula is C19H22ClN7O2. The van der Waals surface area contributed by atoms with E-state index in [0.29, 0.717) is 42.1 Å². The Morgan fingerprint density at radius 1 is 1.10 bits per heavy atom. The number of halogens is 1. The second-order valence-electron chi connectivity index (χ2n) is 7.90. The normalized spacial score (nSPS) is 20.2. The van der Waals surface area contributed by atoms with Gasteiger partial charge in [0.25, 0.3) is 5.88 Å². The summed E-state index contributed by atoms with van der Waals surface area (Å²) in [4.78, 5) is 9.18. The summed E-state index contributed by atoms with van der Waals surface area (Å²) < 4.78 is 15.7. The molecule has 2 aliphatic heterocycles. The fourth-order valence-electron chi connectivity index (χ4n) is 4.23. The Bertz CT molecular complexity index is 1070. The highest BCUT2D eigenvalue weighted by Crippen LogP contribution is 2.48. The molecule has 0 amide bonds. The maximum absolute atomic E-state index is 6.26. The number of rotatable bonds is 2. The highest BCUT2D eigenvalue weighted by molar-refractivity contribution is 6.34. The molecule has 2 bridgehead atoms. The summed E-state index contributed by atoms with van der Waals surface area (Å²) in [6.45, 7) is 2.77. The quantitative estimate of drug-likeness (QED) is 0.685. The zero-order valence-electron chi connectivity index (χ0n) is 16.0. The minimum atomic E-state index is 0.341. The molecule has 2 fully saturated rings. The first kappa shape index (κ1) is 17.5. The van der Waals surface area contributed by atoms with Gasteiger partial charge in [0.1, 0.15) is 5.69 Å². The van der Waals surface area contributed by atoms with Crippen LogP contribution in [0, 0.1) is 0 Å². The van der Waals surface area contributed by atoms with Gasteiger partial charge in [0.05, 0.1) is 23.7 Å². The van der Waals surface area contributed by atoms with Crippen molar-refractivity contribution in [3.63, 3.8) is 0 Å². The van der Waals surface area contributed by atoms with Gasteiger partial charge in [-0.3, -0.25) is 4.68 Å². The Morgan fingerprint density at radius 2 is 1.97 bits per heavy atom. The molecule has 29 heavy (non-hydrogen) atoms. The van der Waals surface area contributed by atoms with Crippen LogP contribution in [-0.4, -0.2) is 49.3 Å². The van der Waals surface area contributed by atoms with Gasteiger partial charge < -0.3 is 14.8 Å². The van der Waals surface area contributed by atoms with Gasteiger partial charge in [-0.1, -0.05) is 11.6 Å². The standard InChI is InChI=1S/C19H22ClN7O2/c20-16-13-10-21-19-22-14-15(11-2-3-11)27(12-4-8-28-9-5-12)25-18(14)29-7-1-6-26(24-16)17(13)23-19/h10-12H,1-9H2,(H,21,22,23). The summed E-state index contributed by atoms with van der Waals surface area (Å²) in [6.07, 6.45) is 6.81. The second-order valence-corrected chi connectivity index (χ2v) is 8.26. The van der Waals surface area contributed by atoms with Gasteiger partial charge in [0.15, 0.2) is 10.8 Å². The molecule has 6 rings (SSSR count). The van der Waals surface area contributed by atoms with Crippen LogP contribution < -0.4 is 10.1 Å². The lowest BCUT2D eigenvalue weighted by molar-refractivity contribution is 0.0650. The van der Waals surface area contributed by atoms with Crippen molar-refractivity contribution in [3.05, 3.63) is 17.0 Å². The van der Waals surface area contributed by atoms with Crippen molar-refractivity contribution >= 4 is 34.3 Å². The van der Waals surface area contributed by atoms with E-state index in [4.69, 9.17) is 31.2 Å². The lowest BCUT2D eigenvalue weighted by atomic mass is 10.1. The molecule has 10 heteroatoms. The fraction of sp³-hybridized carbons (Fsp3) is 0.579. The molecule has 3 aromatic heterocycles. The van der Waals surface area contributed by atoms with Gasteiger partial charge in [-0.2, -0.15) is 10.1 Å². The topological polar surface area (TPSA) is 91.9 Å². The molecule has 3 aromatic rings. The third-order valence-electron chi connectivity index (χ3n) is 5.85. The second kappa shape index (κ2) is 6.84. The average Bonchev–Trinajstić information content (AvgIpc) is 3.46. The van der Waals surface area contributed by atoms with Crippen LogP contribution in [0.25, 0.3) is 11.0 Å². The molecule has 3 aliphatic rings. The molecule has 1 saturated carbocycles. The molecule has 0 spiro atoms. The molecule has 152 valence electrons. The predicted octanol–water partition coefficient (Wildman–Crippen LogP) is 3.43. The summed E-state index contributed by atoms with van der Waals surface area (Å²) >= 11 is 6.26. The molecule has 0 radical (unpaired) electrons. The fourth-order valence-corrected chi connectivity index (χ4v) is 4.46. The predicted molar refractivity (Wildman–Crippen MR) is 107 cm³/mol. The van der Waals surface area contributed by atoms with E-state index in [0.717, 1.165) is 49.2 Å². The number of nitrogens with one attached hydrogen (secondary N) is 1. The van der Waals surface area contributed by atoms with Crippen LogP contribution in [0.5, 0.6) is 5.88 Å². The molecule has 1 saturated heterocycles. The molecule has 1 N–H and O–H groups in total. The minimum absolute atomic E-state index is 0.341. The largest absolute Gasteiger partial charge is 0.475 e. The van der Waals surface area contributed by atoms with Gasteiger partial charge in [-0.25, -0.2) is 9.67 Å². The molecule has 9 nitrogen and oxygen atoms in total. The first-order valence-corrected chi connectivity index (χ1v) is 10.6. The van der Waals surface area contributed by atoms with Crippen LogP contribution >= 0.6 is 11.6 Å². The number of aromatic nitrogens is 6. The third-order valence-corrected chi connectivity index (χ3v) is 6.13. The van der Waals surface area contributed by atoms with Crippen LogP contribution in [0.15, 0.2) is 6.20 Å². The maximum atomic E-state index is 6.26. The number of fused-ring (bicyclic) bond motifs is 2. The van der Waals surface area contributed by atoms with Crippen molar-refractivity contribution in [2.45, 2.75) is 50.6 Å². The summed E-state index contributed by atoms with van der Waals surface area (Å²) in [5, 5.41) is 13.9. The summed E-state index contributed by atoms with van der Waals surface area (Å²) in [5.74, 6) is 1.65. The van der Waals surface area contributed by atoms with Crippen molar-refractivity contribution in [1.29, 1.82) is 0 Å². The van der Waals surface area contributed by atoms with Crippen molar-refractivity contribution in [2.24, 2.45) is 0 Å². The van der Waals surface area contributed by atoms with E-state index in [-0.39, 0.29) is 0 Å². The molecule has 5 heterocycles. The zero-order valence-corrected chi connectivity index (χ0v) is 16.7.